The molecular weight excluding hydrogens is 166 g/mol. The van der Waals surface area contributed by atoms with E-state index in [0.29, 0.717) is 6.67 Å². The average Bonchev–Trinajstić information content (AvgIpc) is 2.16. The Hall–Kier alpha value is -1.16. The third-order valence-electron chi connectivity index (χ3n) is 1.32. The van der Waals surface area contributed by atoms with Crippen LogP contribution in [0.1, 0.15) is 13.3 Å². The van der Waals surface area contributed by atoms with Crippen LogP contribution in [0.15, 0.2) is 17.1 Å². The van der Waals surface area contributed by atoms with Crippen molar-refractivity contribution in [2.24, 2.45) is 4.99 Å². The Bertz CT molecular complexity index is 187. The van der Waals surface area contributed by atoms with Gasteiger partial charge < -0.3 is 5.32 Å². The van der Waals surface area contributed by atoms with Gasteiger partial charge in [-0.25, -0.2) is 0 Å². The van der Waals surface area contributed by atoms with Gasteiger partial charge in [0, 0.05) is 19.3 Å². The van der Waals surface area contributed by atoms with Crippen molar-refractivity contribution in [3.05, 3.63) is 12.2 Å². The maximum Gasteiger partial charge on any atom is 0.243 e. The lowest BCUT2D eigenvalue weighted by molar-refractivity contribution is -0.116. The number of hydrogen-bond acceptors (Lipinski definition) is 3. The Morgan fingerprint density at radius 2 is 2.31 bits per heavy atom. The van der Waals surface area contributed by atoms with Gasteiger partial charge in [-0.15, -0.1) is 0 Å². The van der Waals surface area contributed by atoms with Crippen LogP contribution >= 0.6 is 0 Å². The second-order valence-electron chi connectivity index (χ2n) is 2.46. The molecule has 0 radical (unpaired) electrons. The minimum atomic E-state index is -0.118. The molecule has 13 heavy (non-hydrogen) atoms. The topological polar surface area (TPSA) is 53.5 Å². The third kappa shape index (κ3) is 8.75. The molecule has 0 unspecified atom stereocenters. The lowest BCUT2D eigenvalue weighted by atomic mass is 10.5. The number of nitrogens with one attached hydrogen (secondary N) is 2. The Morgan fingerprint density at radius 1 is 1.54 bits per heavy atom. The average molecular weight is 183 g/mol. The van der Waals surface area contributed by atoms with E-state index in [4.69, 9.17) is 0 Å². The lowest BCUT2D eigenvalue weighted by Gasteiger charge is -1.94. The predicted molar refractivity (Wildman–Crippen MR) is 54.9 cm³/mol. The van der Waals surface area contributed by atoms with Crippen LogP contribution < -0.4 is 10.6 Å². The summed E-state index contributed by atoms with van der Waals surface area (Å²) in [5.41, 5.74) is 0. The zero-order valence-electron chi connectivity index (χ0n) is 8.21. The van der Waals surface area contributed by atoms with Gasteiger partial charge in [0.15, 0.2) is 0 Å². The highest BCUT2D eigenvalue weighted by molar-refractivity contribution is 5.91. The van der Waals surface area contributed by atoms with Crippen molar-refractivity contribution >= 4 is 12.1 Å². The van der Waals surface area contributed by atoms with Crippen molar-refractivity contribution in [2.75, 3.05) is 20.3 Å². The molecule has 0 heterocycles. The molecule has 0 spiro atoms. The zero-order chi connectivity index (χ0) is 9.94. The third-order valence-corrected chi connectivity index (χ3v) is 1.32. The van der Waals surface area contributed by atoms with Crippen molar-refractivity contribution in [3.63, 3.8) is 0 Å². The standard InChI is InChI=1S/C9H17N3O/c1-3-6-11-8-12-7-4-5-9(13)10-2/h4-5,7,11H,3,6,8H2,1-2H3,(H,10,13)/b5-4+,12-7-. The predicted octanol–water partition coefficient (Wildman–Crippen LogP) is 0.316. The first kappa shape index (κ1) is 11.8. The van der Waals surface area contributed by atoms with Gasteiger partial charge in [0.05, 0.1) is 6.67 Å². The molecule has 0 saturated heterocycles. The fraction of sp³-hybridized carbons (Fsp3) is 0.556. The molecule has 4 nitrogen and oxygen atoms in total. The number of carbonyl (C=O) groups excluding carboxylic acids is 1. The molecule has 0 saturated carbocycles. The summed E-state index contributed by atoms with van der Waals surface area (Å²) < 4.78 is 0. The summed E-state index contributed by atoms with van der Waals surface area (Å²) in [5, 5.41) is 5.58. The Kier molecular flexibility index (Phi) is 8.14. The number of rotatable bonds is 6. The van der Waals surface area contributed by atoms with E-state index in [1.54, 1.807) is 19.3 Å². The first-order valence-corrected chi connectivity index (χ1v) is 4.40. The number of hydrogen-bond donors (Lipinski definition) is 2. The summed E-state index contributed by atoms with van der Waals surface area (Å²) in [7, 11) is 1.59. The molecule has 2 N–H and O–H groups in total. The molecule has 0 aliphatic carbocycles. The van der Waals surface area contributed by atoms with Crippen molar-refractivity contribution in [1.82, 2.24) is 10.6 Å². The zero-order valence-corrected chi connectivity index (χ0v) is 8.21. The molecule has 0 bridgehead atoms. The number of allylic oxidation sites excluding steroid dienone is 1. The summed E-state index contributed by atoms with van der Waals surface area (Å²) in [5.74, 6) is -0.118. The number of amides is 1. The van der Waals surface area contributed by atoms with E-state index in [0.717, 1.165) is 13.0 Å². The summed E-state index contributed by atoms with van der Waals surface area (Å²) in [4.78, 5) is 14.7. The van der Waals surface area contributed by atoms with Crippen LogP contribution in [0, 0.1) is 0 Å². The van der Waals surface area contributed by atoms with Gasteiger partial charge in [-0.05, 0) is 19.0 Å². The molecule has 0 fully saturated rings. The second-order valence-corrected chi connectivity index (χ2v) is 2.46. The first-order valence-electron chi connectivity index (χ1n) is 4.40. The first-order chi connectivity index (χ1) is 6.31. The van der Waals surface area contributed by atoms with Gasteiger partial charge in [0.2, 0.25) is 5.91 Å². The Labute approximate surface area is 79.1 Å². The van der Waals surface area contributed by atoms with Crippen LogP contribution in [0.3, 0.4) is 0 Å². The van der Waals surface area contributed by atoms with E-state index in [2.05, 4.69) is 22.5 Å². The minimum absolute atomic E-state index is 0.118. The van der Waals surface area contributed by atoms with E-state index >= 15 is 0 Å². The van der Waals surface area contributed by atoms with Gasteiger partial charge in [0.1, 0.15) is 0 Å². The quantitative estimate of drug-likeness (QED) is 0.354. The minimum Gasteiger partial charge on any atom is -0.356 e. The number of likely N-dealkylation sites (N-methyl/N-ethyl adjacent to an activating group) is 1. The monoisotopic (exact) mass is 183 g/mol. The van der Waals surface area contributed by atoms with Crippen molar-refractivity contribution in [3.8, 4) is 0 Å². The van der Waals surface area contributed by atoms with Gasteiger partial charge in [-0.3, -0.25) is 15.1 Å². The fourth-order valence-electron chi connectivity index (χ4n) is 0.648. The second kappa shape index (κ2) is 8.93. The summed E-state index contributed by atoms with van der Waals surface area (Å²) in [6.45, 7) is 3.67. The number of nitrogens with zero attached hydrogens (tertiary/aromatic N) is 1. The Balaban J connectivity index is 3.40. The maximum absolute atomic E-state index is 10.7. The molecule has 0 atom stereocenters. The fourth-order valence-corrected chi connectivity index (χ4v) is 0.648. The van der Waals surface area contributed by atoms with Crippen LogP contribution in [0.2, 0.25) is 0 Å². The molecule has 4 heteroatoms. The largest absolute Gasteiger partial charge is 0.356 e. The SMILES string of the molecule is CCCNC/N=C\C=C\C(=O)NC. The van der Waals surface area contributed by atoms with Crippen LogP contribution in [0.4, 0.5) is 0 Å². The van der Waals surface area contributed by atoms with Gasteiger partial charge >= 0.3 is 0 Å². The van der Waals surface area contributed by atoms with Crippen molar-refractivity contribution in [1.29, 1.82) is 0 Å². The molecule has 0 aliphatic rings. The molecule has 0 aromatic rings. The molecule has 0 aromatic heterocycles. The smallest absolute Gasteiger partial charge is 0.243 e. The number of carbonyl (C=O) groups is 1. The van der Waals surface area contributed by atoms with Crippen LogP contribution in [0.5, 0.6) is 0 Å². The van der Waals surface area contributed by atoms with Gasteiger partial charge in [-0.1, -0.05) is 6.92 Å². The van der Waals surface area contributed by atoms with Crippen LogP contribution in [-0.2, 0) is 4.79 Å². The van der Waals surface area contributed by atoms with E-state index in [9.17, 15) is 4.79 Å². The highest BCUT2D eigenvalue weighted by Crippen LogP contribution is 1.72. The lowest BCUT2D eigenvalue weighted by Crippen LogP contribution is -2.14. The summed E-state index contributed by atoms with van der Waals surface area (Å²) in [6.07, 6.45) is 5.76. The van der Waals surface area contributed by atoms with Crippen LogP contribution in [-0.4, -0.2) is 32.4 Å². The van der Waals surface area contributed by atoms with E-state index in [1.165, 1.54) is 6.08 Å². The van der Waals surface area contributed by atoms with Gasteiger partial charge in [0.25, 0.3) is 0 Å². The molecule has 74 valence electrons. The summed E-state index contributed by atoms with van der Waals surface area (Å²) >= 11 is 0. The molecular formula is C9H17N3O. The van der Waals surface area contributed by atoms with E-state index in [1.807, 2.05) is 0 Å². The highest BCUT2D eigenvalue weighted by atomic mass is 16.1. The van der Waals surface area contributed by atoms with Gasteiger partial charge in [-0.2, -0.15) is 0 Å². The Morgan fingerprint density at radius 3 is 2.92 bits per heavy atom. The number of aliphatic imine (C=N–C) groups is 1. The van der Waals surface area contributed by atoms with Crippen LogP contribution in [0.25, 0.3) is 0 Å². The molecule has 1 amide bonds. The van der Waals surface area contributed by atoms with Crippen molar-refractivity contribution < 1.29 is 4.79 Å². The maximum atomic E-state index is 10.7. The molecule has 0 aliphatic heterocycles. The highest BCUT2D eigenvalue weighted by Gasteiger charge is 1.83. The molecule has 0 aromatic carbocycles. The van der Waals surface area contributed by atoms with E-state index in [-0.39, 0.29) is 5.91 Å². The summed E-state index contributed by atoms with van der Waals surface area (Å²) in [6, 6.07) is 0. The van der Waals surface area contributed by atoms with E-state index < -0.39 is 0 Å². The molecule has 0 rings (SSSR count). The normalized spacial score (nSPS) is 11.2. The van der Waals surface area contributed by atoms with Crippen molar-refractivity contribution in [2.45, 2.75) is 13.3 Å².